The van der Waals surface area contributed by atoms with Crippen LogP contribution in [0, 0.1) is 11.8 Å². The molecule has 0 radical (unpaired) electrons. The van der Waals surface area contributed by atoms with Gasteiger partial charge in [0.15, 0.2) is 0 Å². The van der Waals surface area contributed by atoms with Gasteiger partial charge in [0.2, 0.25) is 0 Å². The molecule has 1 saturated carbocycles. The third kappa shape index (κ3) is 1.49. The molecule has 2 nitrogen and oxygen atoms in total. The van der Waals surface area contributed by atoms with Crippen molar-refractivity contribution in [3.63, 3.8) is 0 Å². The lowest BCUT2D eigenvalue weighted by atomic mass is 9.73. The molecule has 0 aromatic heterocycles. The highest BCUT2D eigenvalue weighted by molar-refractivity contribution is 5.60. The summed E-state index contributed by atoms with van der Waals surface area (Å²) in [5.74, 6) is 2.74. The Morgan fingerprint density at radius 1 is 1.05 bits per heavy atom. The number of nitrogens with one attached hydrogen (secondary N) is 1. The van der Waals surface area contributed by atoms with E-state index in [4.69, 9.17) is 0 Å². The minimum Gasteiger partial charge on any atom is -0.380 e. The second-order valence-corrected chi connectivity index (χ2v) is 7.35. The zero-order valence-corrected chi connectivity index (χ0v) is 12.1. The highest BCUT2D eigenvalue weighted by Gasteiger charge is 2.52. The number of rotatable bonds is 0. The molecule has 0 bridgehead atoms. The van der Waals surface area contributed by atoms with Crippen LogP contribution in [0.2, 0.25) is 0 Å². The summed E-state index contributed by atoms with van der Waals surface area (Å²) in [7, 11) is 0. The lowest BCUT2D eigenvalue weighted by Crippen LogP contribution is -2.51. The van der Waals surface area contributed by atoms with E-state index in [1.807, 2.05) is 0 Å². The fourth-order valence-corrected chi connectivity index (χ4v) is 5.73. The minimum atomic E-state index is 0.689. The van der Waals surface area contributed by atoms with E-state index >= 15 is 0 Å². The molecule has 1 N–H and O–H groups in total. The summed E-state index contributed by atoms with van der Waals surface area (Å²) in [5, 5.41) is 3.90. The van der Waals surface area contributed by atoms with E-state index in [1.54, 1.807) is 5.56 Å². The van der Waals surface area contributed by atoms with Crippen molar-refractivity contribution in [2.24, 2.45) is 11.8 Å². The third-order valence-electron chi connectivity index (χ3n) is 6.51. The van der Waals surface area contributed by atoms with Crippen LogP contribution in [0.1, 0.15) is 43.6 Å². The molecule has 2 saturated heterocycles. The SMILES string of the molecule is c1ccc2c(c1)N[C@H]1[C@H]3[C@@H]4CCCC[C@H]4CN3CC[C@H]21. The number of benzene rings is 1. The first-order chi connectivity index (χ1) is 9.92. The molecular formula is C18H24N2. The van der Waals surface area contributed by atoms with Crippen LogP contribution in [0.25, 0.3) is 0 Å². The number of hydrogen-bond donors (Lipinski definition) is 1. The fourth-order valence-electron chi connectivity index (χ4n) is 5.73. The average Bonchev–Trinajstić information content (AvgIpc) is 3.04. The zero-order chi connectivity index (χ0) is 13.1. The van der Waals surface area contributed by atoms with Crippen molar-refractivity contribution >= 4 is 5.69 Å². The van der Waals surface area contributed by atoms with Crippen LogP contribution in [0.15, 0.2) is 24.3 Å². The Kier molecular flexibility index (Phi) is 2.46. The van der Waals surface area contributed by atoms with Gasteiger partial charge in [0, 0.05) is 30.2 Å². The number of hydrogen-bond acceptors (Lipinski definition) is 2. The first-order valence-corrected chi connectivity index (χ1v) is 8.51. The van der Waals surface area contributed by atoms with E-state index in [2.05, 4.69) is 34.5 Å². The van der Waals surface area contributed by atoms with Crippen LogP contribution in [-0.2, 0) is 0 Å². The molecule has 3 fully saturated rings. The van der Waals surface area contributed by atoms with Gasteiger partial charge in [0.05, 0.1) is 0 Å². The van der Waals surface area contributed by atoms with Gasteiger partial charge in [-0.05, 0) is 49.3 Å². The Balaban J connectivity index is 1.51. The normalized spacial score (nSPS) is 42.3. The average molecular weight is 268 g/mol. The van der Waals surface area contributed by atoms with Crippen LogP contribution in [0.3, 0.4) is 0 Å². The Morgan fingerprint density at radius 2 is 1.95 bits per heavy atom. The highest BCUT2D eigenvalue weighted by atomic mass is 15.2. The van der Waals surface area contributed by atoms with Crippen LogP contribution in [0.4, 0.5) is 5.69 Å². The molecule has 0 unspecified atom stereocenters. The number of anilines is 1. The summed E-state index contributed by atoms with van der Waals surface area (Å²) in [6, 6.07) is 10.5. The number of piperidine rings is 1. The van der Waals surface area contributed by atoms with Crippen molar-refractivity contribution in [1.82, 2.24) is 4.90 Å². The van der Waals surface area contributed by atoms with Gasteiger partial charge in [0.25, 0.3) is 0 Å². The number of fused-ring (bicyclic) bond motifs is 7. The largest absolute Gasteiger partial charge is 0.380 e. The quantitative estimate of drug-likeness (QED) is 0.775. The van der Waals surface area contributed by atoms with Gasteiger partial charge >= 0.3 is 0 Å². The van der Waals surface area contributed by atoms with Crippen molar-refractivity contribution in [2.75, 3.05) is 18.4 Å². The molecule has 4 aliphatic rings. The first kappa shape index (κ1) is 11.6. The van der Waals surface area contributed by atoms with E-state index in [0.29, 0.717) is 6.04 Å². The second kappa shape index (κ2) is 4.24. The number of para-hydroxylation sites is 1. The molecule has 3 heterocycles. The van der Waals surface area contributed by atoms with Crippen LogP contribution in [-0.4, -0.2) is 30.1 Å². The fraction of sp³-hybridized carbons (Fsp3) is 0.667. The van der Waals surface area contributed by atoms with Gasteiger partial charge in [-0.25, -0.2) is 0 Å². The molecule has 5 atom stereocenters. The van der Waals surface area contributed by atoms with Gasteiger partial charge < -0.3 is 5.32 Å². The lowest BCUT2D eigenvalue weighted by molar-refractivity contribution is 0.138. The van der Waals surface area contributed by atoms with Gasteiger partial charge in [0.1, 0.15) is 0 Å². The van der Waals surface area contributed by atoms with Gasteiger partial charge in [-0.15, -0.1) is 0 Å². The molecule has 1 aromatic carbocycles. The van der Waals surface area contributed by atoms with Crippen molar-refractivity contribution in [3.8, 4) is 0 Å². The standard InChI is InChI=1S/C18H24N2/c1-2-6-13-12(5-1)11-20-10-9-15-14-7-3-4-8-16(14)19-17(15)18(13)20/h3-4,7-8,12-13,15,17-19H,1-2,5-6,9-11H2/t12-,13+,15+,17+,18+/m0/s1. The third-order valence-corrected chi connectivity index (χ3v) is 6.51. The lowest BCUT2D eigenvalue weighted by Gasteiger charge is -2.42. The molecule has 3 aliphatic heterocycles. The van der Waals surface area contributed by atoms with Gasteiger partial charge in [-0.1, -0.05) is 31.0 Å². The summed E-state index contributed by atoms with van der Waals surface area (Å²) in [6.07, 6.45) is 7.26. The highest BCUT2D eigenvalue weighted by Crippen LogP contribution is 2.50. The van der Waals surface area contributed by atoms with E-state index in [-0.39, 0.29) is 0 Å². The Labute approximate surface area is 121 Å². The summed E-state index contributed by atoms with van der Waals surface area (Å²) >= 11 is 0. The predicted octanol–water partition coefficient (Wildman–Crippen LogP) is 3.46. The zero-order valence-electron chi connectivity index (χ0n) is 12.1. The second-order valence-electron chi connectivity index (χ2n) is 7.35. The Bertz CT molecular complexity index is 526. The van der Waals surface area contributed by atoms with Crippen LogP contribution >= 0.6 is 0 Å². The van der Waals surface area contributed by atoms with E-state index in [1.165, 1.54) is 50.9 Å². The van der Waals surface area contributed by atoms with Crippen molar-refractivity contribution < 1.29 is 0 Å². The molecule has 0 amide bonds. The predicted molar refractivity (Wildman–Crippen MR) is 82.0 cm³/mol. The minimum absolute atomic E-state index is 0.689. The maximum Gasteiger partial charge on any atom is 0.0489 e. The molecule has 5 rings (SSSR count). The van der Waals surface area contributed by atoms with Gasteiger partial charge in [-0.2, -0.15) is 0 Å². The molecule has 1 aromatic rings. The number of nitrogens with zero attached hydrogens (tertiary/aromatic N) is 1. The Morgan fingerprint density at radius 3 is 2.95 bits per heavy atom. The summed E-state index contributed by atoms with van der Waals surface area (Å²) in [4.78, 5) is 2.83. The van der Waals surface area contributed by atoms with Gasteiger partial charge in [-0.3, -0.25) is 4.90 Å². The van der Waals surface area contributed by atoms with Crippen LogP contribution in [0.5, 0.6) is 0 Å². The summed E-state index contributed by atoms with van der Waals surface area (Å²) in [5.41, 5.74) is 3.01. The van der Waals surface area contributed by atoms with E-state index < -0.39 is 0 Å². The van der Waals surface area contributed by atoms with E-state index in [0.717, 1.165) is 23.8 Å². The smallest absolute Gasteiger partial charge is 0.0489 e. The maximum absolute atomic E-state index is 3.90. The molecule has 106 valence electrons. The van der Waals surface area contributed by atoms with Crippen molar-refractivity contribution in [2.45, 2.75) is 50.1 Å². The van der Waals surface area contributed by atoms with E-state index in [9.17, 15) is 0 Å². The Hall–Kier alpha value is -1.02. The maximum atomic E-state index is 3.90. The molecule has 20 heavy (non-hydrogen) atoms. The molecular weight excluding hydrogens is 244 g/mol. The topological polar surface area (TPSA) is 15.3 Å². The molecule has 1 aliphatic carbocycles. The van der Waals surface area contributed by atoms with Crippen LogP contribution < -0.4 is 5.32 Å². The molecule has 2 heteroatoms. The van der Waals surface area contributed by atoms with Crippen molar-refractivity contribution in [1.29, 1.82) is 0 Å². The van der Waals surface area contributed by atoms with Crippen molar-refractivity contribution in [3.05, 3.63) is 29.8 Å². The monoisotopic (exact) mass is 268 g/mol. The first-order valence-electron chi connectivity index (χ1n) is 8.51. The summed E-state index contributed by atoms with van der Waals surface area (Å²) < 4.78 is 0. The summed E-state index contributed by atoms with van der Waals surface area (Å²) in [6.45, 7) is 2.71. The molecule has 0 spiro atoms.